The van der Waals surface area contributed by atoms with Crippen LogP contribution in [0.25, 0.3) is 0 Å². The average molecular weight is 184 g/mol. The maximum atomic E-state index is 10.7. The van der Waals surface area contributed by atoms with Gasteiger partial charge in [-0.1, -0.05) is 6.08 Å². The third-order valence-corrected chi connectivity index (χ3v) is 1.99. The summed E-state index contributed by atoms with van der Waals surface area (Å²) in [7, 11) is 0. The number of carboxylic acids is 1. The van der Waals surface area contributed by atoms with E-state index in [9.17, 15) is 9.59 Å². The van der Waals surface area contributed by atoms with Crippen molar-refractivity contribution in [3.8, 4) is 0 Å². The molecule has 0 aromatic rings. The Kier molecular flexibility index (Phi) is 3.06. The molecule has 0 spiro atoms. The van der Waals surface area contributed by atoms with Crippen molar-refractivity contribution < 1.29 is 19.4 Å². The van der Waals surface area contributed by atoms with Crippen molar-refractivity contribution >= 4 is 11.9 Å². The number of hydrogen-bond donors (Lipinski definition) is 1. The first kappa shape index (κ1) is 9.77. The molecular weight excluding hydrogens is 172 g/mol. The summed E-state index contributed by atoms with van der Waals surface area (Å²) in [4.78, 5) is 21.4. The molecule has 1 N–H and O–H groups in total. The highest BCUT2D eigenvalue weighted by atomic mass is 16.5. The predicted octanol–water partition coefficient (Wildman–Crippen LogP) is 0.969. The molecule has 2 unspecified atom stereocenters. The zero-order chi connectivity index (χ0) is 9.84. The lowest BCUT2D eigenvalue weighted by molar-refractivity contribution is -0.154. The van der Waals surface area contributed by atoms with Gasteiger partial charge in [-0.05, 0) is 18.9 Å². The fourth-order valence-electron chi connectivity index (χ4n) is 1.38. The van der Waals surface area contributed by atoms with Crippen molar-refractivity contribution in [1.29, 1.82) is 0 Å². The van der Waals surface area contributed by atoms with Crippen LogP contribution in [0.5, 0.6) is 0 Å². The molecule has 0 fully saturated rings. The van der Waals surface area contributed by atoms with Crippen molar-refractivity contribution in [2.24, 2.45) is 5.92 Å². The first-order chi connectivity index (χ1) is 6.11. The van der Waals surface area contributed by atoms with Gasteiger partial charge >= 0.3 is 11.9 Å². The minimum atomic E-state index is -0.907. The van der Waals surface area contributed by atoms with E-state index in [1.165, 1.54) is 6.92 Å². The summed E-state index contributed by atoms with van der Waals surface area (Å²) in [5.74, 6) is -1.94. The van der Waals surface area contributed by atoms with Crippen LogP contribution >= 0.6 is 0 Å². The summed E-state index contributed by atoms with van der Waals surface area (Å²) in [6.07, 6.45) is 4.15. The highest BCUT2D eigenvalue weighted by Crippen LogP contribution is 2.21. The fourth-order valence-corrected chi connectivity index (χ4v) is 1.38. The normalized spacial score (nSPS) is 26.8. The molecular formula is C9H12O4. The predicted molar refractivity (Wildman–Crippen MR) is 45.1 cm³/mol. The standard InChI is InChI=1S/C9H12O4/c1-6(10)13-8-5-3-2-4-7(8)9(11)12/h3,5,7-8H,2,4H2,1H3,(H,11,12). The molecule has 0 saturated heterocycles. The maximum Gasteiger partial charge on any atom is 0.310 e. The van der Waals surface area contributed by atoms with E-state index in [-0.39, 0.29) is 0 Å². The van der Waals surface area contributed by atoms with Gasteiger partial charge in [0.2, 0.25) is 0 Å². The number of ether oxygens (including phenoxy) is 1. The summed E-state index contributed by atoms with van der Waals surface area (Å²) in [6, 6.07) is 0. The minimum absolute atomic E-state index is 0.442. The van der Waals surface area contributed by atoms with E-state index in [2.05, 4.69) is 0 Å². The van der Waals surface area contributed by atoms with E-state index in [1.807, 2.05) is 6.08 Å². The molecule has 1 rings (SSSR count). The molecule has 1 aliphatic rings. The van der Waals surface area contributed by atoms with Crippen LogP contribution < -0.4 is 0 Å². The van der Waals surface area contributed by atoms with E-state index >= 15 is 0 Å². The summed E-state index contributed by atoms with van der Waals surface area (Å²) in [6.45, 7) is 1.28. The molecule has 0 amide bonds. The van der Waals surface area contributed by atoms with Gasteiger partial charge in [-0.2, -0.15) is 0 Å². The Labute approximate surface area is 76.2 Å². The first-order valence-corrected chi connectivity index (χ1v) is 4.18. The Morgan fingerprint density at radius 3 is 2.77 bits per heavy atom. The molecule has 0 aliphatic heterocycles. The van der Waals surface area contributed by atoms with Gasteiger partial charge in [-0.15, -0.1) is 0 Å². The molecule has 0 heterocycles. The largest absolute Gasteiger partial charge is 0.481 e. The Bertz CT molecular complexity index is 244. The topological polar surface area (TPSA) is 63.6 Å². The summed E-state index contributed by atoms with van der Waals surface area (Å²) >= 11 is 0. The Morgan fingerprint density at radius 1 is 1.54 bits per heavy atom. The zero-order valence-corrected chi connectivity index (χ0v) is 7.40. The molecule has 0 bridgehead atoms. The summed E-state index contributed by atoms with van der Waals surface area (Å²) in [5.41, 5.74) is 0. The second-order valence-corrected chi connectivity index (χ2v) is 3.02. The van der Waals surface area contributed by atoms with Gasteiger partial charge in [0.05, 0.1) is 5.92 Å². The summed E-state index contributed by atoms with van der Waals surface area (Å²) in [5, 5.41) is 8.80. The Morgan fingerprint density at radius 2 is 2.23 bits per heavy atom. The van der Waals surface area contributed by atoms with Crippen LogP contribution in [0.1, 0.15) is 19.8 Å². The quantitative estimate of drug-likeness (QED) is 0.513. The molecule has 0 aromatic carbocycles. The van der Waals surface area contributed by atoms with Crippen LogP contribution in [0.3, 0.4) is 0 Å². The molecule has 13 heavy (non-hydrogen) atoms. The van der Waals surface area contributed by atoms with Crippen LogP contribution in [0.4, 0.5) is 0 Å². The van der Waals surface area contributed by atoms with Crippen LogP contribution in [0.2, 0.25) is 0 Å². The minimum Gasteiger partial charge on any atom is -0.481 e. The molecule has 0 aromatic heterocycles. The molecule has 0 radical (unpaired) electrons. The Balaban J connectivity index is 2.66. The van der Waals surface area contributed by atoms with Crippen LogP contribution in [-0.2, 0) is 14.3 Å². The molecule has 2 atom stereocenters. The van der Waals surface area contributed by atoms with Crippen molar-refractivity contribution in [2.75, 3.05) is 0 Å². The van der Waals surface area contributed by atoms with Crippen LogP contribution in [0, 0.1) is 5.92 Å². The number of aliphatic carboxylic acids is 1. The number of carboxylic acid groups (broad SMARTS) is 1. The fraction of sp³-hybridized carbons (Fsp3) is 0.556. The zero-order valence-electron chi connectivity index (χ0n) is 7.40. The van der Waals surface area contributed by atoms with Gasteiger partial charge in [0, 0.05) is 6.92 Å². The number of rotatable bonds is 2. The maximum absolute atomic E-state index is 10.7. The van der Waals surface area contributed by atoms with Crippen molar-refractivity contribution in [3.05, 3.63) is 12.2 Å². The van der Waals surface area contributed by atoms with E-state index in [0.29, 0.717) is 6.42 Å². The number of hydrogen-bond acceptors (Lipinski definition) is 3. The lowest BCUT2D eigenvalue weighted by atomic mass is 9.92. The smallest absolute Gasteiger partial charge is 0.310 e. The lowest BCUT2D eigenvalue weighted by Crippen LogP contribution is -2.32. The summed E-state index contributed by atoms with van der Waals surface area (Å²) < 4.78 is 4.86. The highest BCUT2D eigenvalue weighted by Gasteiger charge is 2.30. The molecule has 72 valence electrons. The third kappa shape index (κ3) is 2.57. The number of allylic oxidation sites excluding steroid dienone is 1. The SMILES string of the molecule is CC(=O)OC1C=CCCC1C(=O)O. The van der Waals surface area contributed by atoms with Crippen molar-refractivity contribution in [1.82, 2.24) is 0 Å². The van der Waals surface area contributed by atoms with Crippen LogP contribution in [0.15, 0.2) is 12.2 Å². The number of carbonyl (C=O) groups excluding carboxylic acids is 1. The number of esters is 1. The number of carbonyl (C=O) groups is 2. The second-order valence-electron chi connectivity index (χ2n) is 3.02. The first-order valence-electron chi connectivity index (χ1n) is 4.18. The monoisotopic (exact) mass is 184 g/mol. The lowest BCUT2D eigenvalue weighted by Gasteiger charge is -2.23. The average Bonchev–Trinajstić information content (AvgIpc) is 2.03. The molecule has 4 nitrogen and oxygen atoms in total. The Hall–Kier alpha value is -1.32. The van der Waals surface area contributed by atoms with Gasteiger partial charge < -0.3 is 9.84 Å². The van der Waals surface area contributed by atoms with E-state index in [0.717, 1.165) is 6.42 Å². The van der Waals surface area contributed by atoms with Crippen molar-refractivity contribution in [3.63, 3.8) is 0 Å². The van der Waals surface area contributed by atoms with E-state index in [1.54, 1.807) is 6.08 Å². The molecule has 1 aliphatic carbocycles. The van der Waals surface area contributed by atoms with E-state index in [4.69, 9.17) is 9.84 Å². The van der Waals surface area contributed by atoms with Crippen LogP contribution in [-0.4, -0.2) is 23.1 Å². The van der Waals surface area contributed by atoms with E-state index < -0.39 is 24.0 Å². The van der Waals surface area contributed by atoms with Gasteiger partial charge in [0.15, 0.2) is 0 Å². The van der Waals surface area contributed by atoms with Gasteiger partial charge in [0.25, 0.3) is 0 Å². The second kappa shape index (κ2) is 4.07. The van der Waals surface area contributed by atoms with Gasteiger partial charge in [-0.3, -0.25) is 9.59 Å². The van der Waals surface area contributed by atoms with Gasteiger partial charge in [0.1, 0.15) is 6.10 Å². The molecule has 0 saturated carbocycles. The molecule has 4 heteroatoms. The highest BCUT2D eigenvalue weighted by molar-refractivity contribution is 5.73. The third-order valence-electron chi connectivity index (χ3n) is 1.99. The van der Waals surface area contributed by atoms with Crippen molar-refractivity contribution in [2.45, 2.75) is 25.9 Å². The van der Waals surface area contributed by atoms with Gasteiger partial charge in [-0.25, -0.2) is 0 Å².